The van der Waals surface area contributed by atoms with Crippen LogP contribution in [-0.2, 0) is 9.53 Å². The fourth-order valence-electron chi connectivity index (χ4n) is 2.04. The molecule has 1 rings (SSSR count). The van der Waals surface area contributed by atoms with Gasteiger partial charge in [-0.3, -0.25) is 4.79 Å². The van der Waals surface area contributed by atoms with E-state index in [0.717, 1.165) is 5.75 Å². The zero-order valence-electron chi connectivity index (χ0n) is 11.8. The van der Waals surface area contributed by atoms with Gasteiger partial charge in [0.2, 0.25) is 5.91 Å². The van der Waals surface area contributed by atoms with Gasteiger partial charge in [-0.05, 0) is 25.4 Å². The molecule has 3 amide bonds. The molecule has 3 unspecified atom stereocenters. The Morgan fingerprint density at radius 1 is 1.60 bits per heavy atom. The van der Waals surface area contributed by atoms with Gasteiger partial charge in [0.1, 0.15) is 11.6 Å². The molecule has 1 fully saturated rings. The molecule has 1 aliphatic heterocycles. The molecule has 1 aliphatic rings. The maximum absolute atomic E-state index is 12.0. The van der Waals surface area contributed by atoms with E-state index in [0.29, 0.717) is 19.4 Å². The number of carbonyl (C=O) groups excluding carboxylic acids is 2. The molecule has 3 atom stereocenters. The van der Waals surface area contributed by atoms with E-state index < -0.39 is 17.7 Å². The van der Waals surface area contributed by atoms with Gasteiger partial charge in [0.05, 0.1) is 6.10 Å². The van der Waals surface area contributed by atoms with Crippen molar-refractivity contribution in [3.05, 3.63) is 0 Å². The van der Waals surface area contributed by atoms with E-state index in [1.54, 1.807) is 18.7 Å². The van der Waals surface area contributed by atoms with Crippen molar-refractivity contribution in [2.24, 2.45) is 5.73 Å². The van der Waals surface area contributed by atoms with Gasteiger partial charge in [-0.25, -0.2) is 4.79 Å². The topological polar surface area (TPSA) is 114 Å². The largest absolute Gasteiger partial charge is 0.385 e. The zero-order chi connectivity index (χ0) is 15.2. The summed E-state index contributed by atoms with van der Waals surface area (Å²) >= 11 is 1.58. The smallest absolute Gasteiger partial charge is 0.312 e. The number of thioether (sulfide) groups is 1. The third-order valence-corrected chi connectivity index (χ3v) is 4.12. The summed E-state index contributed by atoms with van der Waals surface area (Å²) < 4.78 is 5.30. The van der Waals surface area contributed by atoms with E-state index >= 15 is 0 Å². The van der Waals surface area contributed by atoms with Gasteiger partial charge in [0, 0.05) is 19.6 Å². The lowest BCUT2D eigenvalue weighted by Gasteiger charge is -2.27. The number of rotatable bonds is 7. The molecule has 5 N–H and O–H groups in total. The molecular formula is C12H23N3O4S. The van der Waals surface area contributed by atoms with E-state index in [1.807, 2.05) is 6.26 Å². The SMILES string of the molecule is CSCCC(NC(N)=O)C(=O)NCC1(O)CCOC1C. The first kappa shape index (κ1) is 17.1. The summed E-state index contributed by atoms with van der Waals surface area (Å²) in [7, 11) is 0. The van der Waals surface area contributed by atoms with Crippen molar-refractivity contribution in [2.75, 3.05) is 25.2 Å². The molecule has 0 radical (unpaired) electrons. The number of primary amides is 1. The Labute approximate surface area is 123 Å². The second-order valence-electron chi connectivity index (χ2n) is 4.93. The lowest BCUT2D eigenvalue weighted by atomic mass is 9.96. The molecule has 1 saturated heterocycles. The lowest BCUT2D eigenvalue weighted by Crippen LogP contribution is -2.53. The maximum Gasteiger partial charge on any atom is 0.312 e. The molecule has 0 aromatic rings. The number of nitrogens with two attached hydrogens (primary N) is 1. The molecule has 0 aromatic carbocycles. The van der Waals surface area contributed by atoms with E-state index in [-0.39, 0.29) is 18.6 Å². The Morgan fingerprint density at radius 3 is 2.80 bits per heavy atom. The summed E-state index contributed by atoms with van der Waals surface area (Å²) in [6, 6.07) is -1.41. The Hall–Kier alpha value is -0.990. The number of aliphatic hydroxyl groups is 1. The number of nitrogens with one attached hydrogen (secondary N) is 2. The molecule has 0 bridgehead atoms. The van der Waals surface area contributed by atoms with Crippen molar-refractivity contribution in [1.29, 1.82) is 0 Å². The van der Waals surface area contributed by atoms with Crippen molar-refractivity contribution in [2.45, 2.75) is 37.5 Å². The fourth-order valence-corrected chi connectivity index (χ4v) is 2.51. The van der Waals surface area contributed by atoms with Crippen molar-refractivity contribution < 1.29 is 19.4 Å². The van der Waals surface area contributed by atoms with Crippen LogP contribution in [0.5, 0.6) is 0 Å². The van der Waals surface area contributed by atoms with Gasteiger partial charge in [-0.15, -0.1) is 0 Å². The summed E-state index contributed by atoms with van der Waals surface area (Å²) in [5, 5.41) is 15.4. The molecule has 7 nitrogen and oxygen atoms in total. The minimum Gasteiger partial charge on any atom is -0.385 e. The zero-order valence-corrected chi connectivity index (χ0v) is 12.7. The minimum absolute atomic E-state index is 0.100. The number of urea groups is 1. The van der Waals surface area contributed by atoms with E-state index in [2.05, 4.69) is 10.6 Å². The molecule has 0 aromatic heterocycles. The van der Waals surface area contributed by atoms with Crippen LogP contribution in [0.1, 0.15) is 19.8 Å². The number of ether oxygens (including phenoxy) is 1. The summed E-state index contributed by atoms with van der Waals surface area (Å²) in [6.07, 6.45) is 2.56. The Bertz CT molecular complexity index is 356. The van der Waals surface area contributed by atoms with Crippen LogP contribution in [0.2, 0.25) is 0 Å². The van der Waals surface area contributed by atoms with Gasteiger partial charge in [0.15, 0.2) is 0 Å². The van der Waals surface area contributed by atoms with Crippen LogP contribution >= 0.6 is 11.8 Å². The molecule has 20 heavy (non-hydrogen) atoms. The second kappa shape index (κ2) is 7.70. The summed E-state index contributed by atoms with van der Waals surface area (Å²) in [5.41, 5.74) is 4.01. The first-order chi connectivity index (χ1) is 9.39. The van der Waals surface area contributed by atoms with Crippen molar-refractivity contribution >= 4 is 23.7 Å². The highest BCUT2D eigenvalue weighted by molar-refractivity contribution is 7.98. The lowest BCUT2D eigenvalue weighted by molar-refractivity contribution is -0.124. The van der Waals surface area contributed by atoms with Crippen molar-refractivity contribution in [3.8, 4) is 0 Å². The fraction of sp³-hybridized carbons (Fsp3) is 0.833. The standard InChI is InChI=1S/C12H23N3O4S/c1-8-12(18,4-5-19-8)7-14-10(16)9(3-6-20-2)15-11(13)17/h8-9,18H,3-7H2,1-2H3,(H,14,16)(H3,13,15,17). The van der Waals surface area contributed by atoms with Crippen LogP contribution < -0.4 is 16.4 Å². The second-order valence-corrected chi connectivity index (χ2v) is 5.91. The number of carbonyl (C=O) groups is 2. The van der Waals surface area contributed by atoms with Crippen LogP contribution in [0, 0.1) is 0 Å². The molecule has 1 heterocycles. The van der Waals surface area contributed by atoms with Crippen LogP contribution in [0.15, 0.2) is 0 Å². The Morgan fingerprint density at radius 2 is 2.30 bits per heavy atom. The number of amides is 3. The van der Waals surface area contributed by atoms with E-state index in [1.165, 1.54) is 0 Å². The molecule has 0 aliphatic carbocycles. The van der Waals surface area contributed by atoms with Crippen molar-refractivity contribution in [3.63, 3.8) is 0 Å². The van der Waals surface area contributed by atoms with Crippen LogP contribution in [0.4, 0.5) is 4.79 Å². The molecule has 116 valence electrons. The first-order valence-electron chi connectivity index (χ1n) is 6.55. The highest BCUT2D eigenvalue weighted by atomic mass is 32.2. The quantitative estimate of drug-likeness (QED) is 0.503. The van der Waals surface area contributed by atoms with Crippen LogP contribution in [-0.4, -0.2) is 60.0 Å². The summed E-state index contributed by atoms with van der Waals surface area (Å²) in [6.45, 7) is 2.35. The molecule has 0 saturated carbocycles. The first-order valence-corrected chi connectivity index (χ1v) is 7.95. The molecule has 8 heteroatoms. The average molecular weight is 305 g/mol. The predicted molar refractivity (Wildman–Crippen MR) is 77.5 cm³/mol. The number of hydrogen-bond donors (Lipinski definition) is 4. The van der Waals surface area contributed by atoms with E-state index in [9.17, 15) is 14.7 Å². The molecular weight excluding hydrogens is 282 g/mol. The van der Waals surface area contributed by atoms with Gasteiger partial charge in [-0.1, -0.05) is 0 Å². The molecule has 0 spiro atoms. The van der Waals surface area contributed by atoms with Gasteiger partial charge in [-0.2, -0.15) is 11.8 Å². The normalized spacial score (nSPS) is 27.1. The van der Waals surface area contributed by atoms with Gasteiger partial charge >= 0.3 is 6.03 Å². The van der Waals surface area contributed by atoms with Crippen LogP contribution in [0.25, 0.3) is 0 Å². The summed E-state index contributed by atoms with van der Waals surface area (Å²) in [5.74, 6) is 0.382. The van der Waals surface area contributed by atoms with E-state index in [4.69, 9.17) is 10.5 Å². The van der Waals surface area contributed by atoms with Gasteiger partial charge in [0.25, 0.3) is 0 Å². The average Bonchev–Trinajstić information content (AvgIpc) is 2.72. The maximum atomic E-state index is 12.0. The monoisotopic (exact) mass is 305 g/mol. The third kappa shape index (κ3) is 4.84. The van der Waals surface area contributed by atoms with Gasteiger partial charge < -0.3 is 26.2 Å². The predicted octanol–water partition coefficient (Wildman–Crippen LogP) is -0.567. The van der Waals surface area contributed by atoms with Crippen molar-refractivity contribution in [1.82, 2.24) is 10.6 Å². The number of hydrogen-bond acceptors (Lipinski definition) is 5. The Kier molecular flexibility index (Phi) is 6.57. The Balaban J connectivity index is 2.50. The minimum atomic E-state index is -1.05. The third-order valence-electron chi connectivity index (χ3n) is 3.47. The van der Waals surface area contributed by atoms with Crippen LogP contribution in [0.3, 0.4) is 0 Å². The summed E-state index contributed by atoms with van der Waals surface area (Å²) in [4.78, 5) is 23.0. The highest BCUT2D eigenvalue weighted by Crippen LogP contribution is 2.24. The highest BCUT2D eigenvalue weighted by Gasteiger charge is 2.40.